The average Bonchev–Trinajstić information content (AvgIpc) is 2.37. The highest BCUT2D eigenvalue weighted by atomic mass is 32.2. The third-order valence-electron chi connectivity index (χ3n) is 2.57. The Hall–Kier alpha value is -1.93. The number of ether oxygens (including phenoxy) is 1. The van der Waals surface area contributed by atoms with Crippen LogP contribution in [0.25, 0.3) is 0 Å². The van der Waals surface area contributed by atoms with Crippen LogP contribution in [0.15, 0.2) is 29.2 Å². The van der Waals surface area contributed by atoms with E-state index in [4.69, 9.17) is 4.74 Å². The first-order chi connectivity index (χ1) is 9.74. The first-order valence-corrected chi connectivity index (χ1v) is 7.64. The van der Waals surface area contributed by atoms with Gasteiger partial charge in [0.1, 0.15) is 16.2 Å². The van der Waals surface area contributed by atoms with Gasteiger partial charge in [-0.2, -0.15) is 0 Å². The molecule has 0 bridgehead atoms. The molecule has 0 spiro atoms. The van der Waals surface area contributed by atoms with Crippen molar-refractivity contribution in [1.29, 1.82) is 0 Å². The second kappa shape index (κ2) is 7.19. The normalized spacial score (nSPS) is 12.5. The number of esters is 1. The number of benzene rings is 1. The Morgan fingerprint density at radius 1 is 1.38 bits per heavy atom. The molecule has 1 atom stereocenters. The van der Waals surface area contributed by atoms with Gasteiger partial charge in [0, 0.05) is 13.5 Å². The third kappa shape index (κ3) is 5.52. The maximum absolute atomic E-state index is 11.6. The van der Waals surface area contributed by atoms with Gasteiger partial charge in [-0.1, -0.05) is 12.1 Å². The van der Waals surface area contributed by atoms with Crippen LogP contribution < -0.4 is 5.32 Å². The molecule has 0 aromatic heterocycles. The van der Waals surface area contributed by atoms with Gasteiger partial charge in [0.15, 0.2) is 0 Å². The molecular weight excluding hydrogens is 298 g/mol. The Morgan fingerprint density at radius 3 is 2.57 bits per heavy atom. The summed E-state index contributed by atoms with van der Waals surface area (Å²) >= 11 is 0. The van der Waals surface area contributed by atoms with E-state index < -0.39 is 27.1 Å². The zero-order valence-corrected chi connectivity index (χ0v) is 12.5. The molecule has 0 saturated carbocycles. The number of rotatable bonds is 6. The van der Waals surface area contributed by atoms with Gasteiger partial charge in [-0.05, 0) is 24.6 Å². The molecule has 1 unspecified atom stereocenters. The minimum Gasteiger partial charge on any atom is -0.744 e. The molecule has 1 aromatic rings. The van der Waals surface area contributed by atoms with E-state index in [1.54, 1.807) is 6.92 Å². The molecule has 8 heteroatoms. The van der Waals surface area contributed by atoms with Crippen LogP contribution in [0.4, 0.5) is 0 Å². The van der Waals surface area contributed by atoms with Crippen molar-refractivity contribution in [1.82, 2.24) is 5.32 Å². The van der Waals surface area contributed by atoms with E-state index in [-0.39, 0.29) is 17.9 Å². The van der Waals surface area contributed by atoms with Gasteiger partial charge in [0.2, 0.25) is 5.91 Å². The summed E-state index contributed by atoms with van der Waals surface area (Å²) < 4.78 is 38.1. The fourth-order valence-electron chi connectivity index (χ4n) is 1.74. The highest BCUT2D eigenvalue weighted by Crippen LogP contribution is 2.24. The van der Waals surface area contributed by atoms with Crippen LogP contribution in [0.2, 0.25) is 0 Å². The van der Waals surface area contributed by atoms with E-state index in [0.29, 0.717) is 6.54 Å². The zero-order valence-electron chi connectivity index (χ0n) is 11.7. The predicted molar refractivity (Wildman–Crippen MR) is 72.2 cm³/mol. The first kappa shape index (κ1) is 17.1. The highest BCUT2D eigenvalue weighted by molar-refractivity contribution is 7.85. The Balaban J connectivity index is 3.08. The van der Waals surface area contributed by atoms with E-state index in [0.717, 1.165) is 12.1 Å². The summed E-state index contributed by atoms with van der Waals surface area (Å²) in [5.74, 6) is -0.959. The molecule has 0 fully saturated rings. The topological polar surface area (TPSA) is 113 Å². The Bertz CT molecular complexity index is 625. The van der Waals surface area contributed by atoms with Gasteiger partial charge in [-0.15, -0.1) is 0 Å². The van der Waals surface area contributed by atoms with Gasteiger partial charge < -0.3 is 14.6 Å². The average molecular weight is 314 g/mol. The second-order valence-electron chi connectivity index (χ2n) is 4.28. The summed E-state index contributed by atoms with van der Waals surface area (Å²) in [6.45, 7) is 3.34. The van der Waals surface area contributed by atoms with Crippen LogP contribution >= 0.6 is 0 Å². The van der Waals surface area contributed by atoms with Gasteiger partial charge in [0.25, 0.3) is 0 Å². The Kier molecular flexibility index (Phi) is 5.86. The third-order valence-corrected chi connectivity index (χ3v) is 3.40. The lowest BCUT2D eigenvalue weighted by atomic mass is 10.1. The van der Waals surface area contributed by atoms with Crippen molar-refractivity contribution in [3.8, 4) is 0 Å². The fourth-order valence-corrected chi connectivity index (χ4v) is 2.26. The van der Waals surface area contributed by atoms with Crippen LogP contribution in [-0.4, -0.2) is 31.4 Å². The first-order valence-electron chi connectivity index (χ1n) is 6.23. The van der Waals surface area contributed by atoms with Crippen molar-refractivity contribution in [2.75, 3.05) is 6.54 Å². The molecule has 0 aliphatic rings. The fraction of sp³-hybridized carbons (Fsp3) is 0.385. The number of nitrogens with one attached hydrogen (secondary N) is 1. The van der Waals surface area contributed by atoms with Crippen molar-refractivity contribution < 1.29 is 27.3 Å². The van der Waals surface area contributed by atoms with E-state index in [1.165, 1.54) is 19.1 Å². The lowest BCUT2D eigenvalue weighted by molar-refractivity contribution is -0.148. The highest BCUT2D eigenvalue weighted by Gasteiger charge is 2.19. The maximum Gasteiger partial charge on any atom is 0.303 e. The number of hydrogen-bond acceptors (Lipinski definition) is 6. The molecule has 116 valence electrons. The SMILES string of the molecule is CCNC(=O)CC(OC(C)=O)c1cccc(S(=O)(=O)[O-])c1. The maximum atomic E-state index is 11.6. The lowest BCUT2D eigenvalue weighted by Gasteiger charge is -2.18. The monoisotopic (exact) mass is 314 g/mol. The molecule has 0 radical (unpaired) electrons. The summed E-state index contributed by atoms with van der Waals surface area (Å²) in [6.07, 6.45) is -1.11. The summed E-state index contributed by atoms with van der Waals surface area (Å²) in [7, 11) is -4.62. The largest absolute Gasteiger partial charge is 0.744 e. The Labute approximate surface area is 123 Å². The molecule has 1 rings (SSSR count). The van der Waals surface area contributed by atoms with Crippen LogP contribution in [0.5, 0.6) is 0 Å². The van der Waals surface area contributed by atoms with Crippen molar-refractivity contribution in [3.63, 3.8) is 0 Å². The molecule has 0 heterocycles. The van der Waals surface area contributed by atoms with Crippen LogP contribution in [-0.2, 0) is 24.4 Å². The van der Waals surface area contributed by atoms with Crippen molar-refractivity contribution in [3.05, 3.63) is 29.8 Å². The number of carbonyl (C=O) groups excluding carboxylic acids is 2. The van der Waals surface area contributed by atoms with Crippen LogP contribution in [0, 0.1) is 0 Å². The molecule has 7 nitrogen and oxygen atoms in total. The van der Waals surface area contributed by atoms with E-state index in [1.807, 2.05) is 0 Å². The quantitative estimate of drug-likeness (QED) is 0.611. The van der Waals surface area contributed by atoms with Gasteiger partial charge >= 0.3 is 5.97 Å². The molecule has 1 N–H and O–H groups in total. The molecule has 0 aliphatic heterocycles. The van der Waals surface area contributed by atoms with E-state index in [2.05, 4.69) is 5.32 Å². The smallest absolute Gasteiger partial charge is 0.303 e. The van der Waals surface area contributed by atoms with Gasteiger partial charge in [0.05, 0.1) is 11.3 Å². The van der Waals surface area contributed by atoms with Crippen LogP contribution in [0.3, 0.4) is 0 Å². The second-order valence-corrected chi connectivity index (χ2v) is 5.66. The number of amides is 1. The molecule has 0 aliphatic carbocycles. The molecule has 21 heavy (non-hydrogen) atoms. The molecule has 0 saturated heterocycles. The summed E-state index contributed by atoms with van der Waals surface area (Å²) in [5, 5.41) is 2.55. The van der Waals surface area contributed by atoms with Gasteiger partial charge in [-0.3, -0.25) is 9.59 Å². The van der Waals surface area contributed by atoms with E-state index >= 15 is 0 Å². The molecule has 1 amide bonds. The molecule has 1 aromatic carbocycles. The minimum atomic E-state index is -4.62. The van der Waals surface area contributed by atoms with Gasteiger partial charge in [-0.25, -0.2) is 8.42 Å². The summed E-state index contributed by atoms with van der Waals surface area (Å²) in [6, 6.07) is 5.09. The standard InChI is InChI=1S/C13H17NO6S/c1-3-14-13(16)8-12(20-9(2)15)10-5-4-6-11(7-10)21(17,18)19/h4-7,12H,3,8H2,1-2H3,(H,14,16)(H,17,18,19)/p-1. The number of hydrogen-bond donors (Lipinski definition) is 1. The number of carbonyl (C=O) groups is 2. The Morgan fingerprint density at radius 2 is 2.05 bits per heavy atom. The molecular formula is C13H16NO6S-. The summed E-state index contributed by atoms with van der Waals surface area (Å²) in [5.41, 5.74) is 0.272. The van der Waals surface area contributed by atoms with E-state index in [9.17, 15) is 22.6 Å². The van der Waals surface area contributed by atoms with Crippen molar-refractivity contribution >= 4 is 22.0 Å². The predicted octanol–water partition coefficient (Wildman–Crippen LogP) is 0.721. The van der Waals surface area contributed by atoms with Crippen molar-refractivity contribution in [2.45, 2.75) is 31.3 Å². The zero-order chi connectivity index (χ0) is 16.0. The van der Waals surface area contributed by atoms with Crippen molar-refractivity contribution in [2.24, 2.45) is 0 Å². The lowest BCUT2D eigenvalue weighted by Crippen LogP contribution is -2.26. The minimum absolute atomic E-state index is 0.157. The summed E-state index contributed by atoms with van der Waals surface area (Å²) in [4.78, 5) is 22.3. The van der Waals surface area contributed by atoms with Crippen LogP contribution in [0.1, 0.15) is 31.9 Å².